The summed E-state index contributed by atoms with van der Waals surface area (Å²) in [4.78, 5) is 0. The molecule has 1 aliphatic rings. The molecule has 2 unspecified atom stereocenters. The van der Waals surface area contributed by atoms with E-state index in [1.54, 1.807) is 0 Å². The minimum Gasteiger partial charge on any atom is -0.390 e. The van der Waals surface area contributed by atoms with E-state index in [4.69, 9.17) is 0 Å². The van der Waals surface area contributed by atoms with Crippen LogP contribution in [-0.4, -0.2) is 37.2 Å². The van der Waals surface area contributed by atoms with Crippen molar-refractivity contribution in [3.63, 3.8) is 0 Å². The summed E-state index contributed by atoms with van der Waals surface area (Å²) in [6.45, 7) is 4.04. The summed E-state index contributed by atoms with van der Waals surface area (Å²) >= 11 is 0. The van der Waals surface area contributed by atoms with Gasteiger partial charge in [-0.05, 0) is 24.5 Å². The van der Waals surface area contributed by atoms with Gasteiger partial charge >= 0.3 is 0 Å². The topological polar surface area (TPSA) is 66.4 Å². The van der Waals surface area contributed by atoms with Gasteiger partial charge in [0.2, 0.25) is 0 Å². The fourth-order valence-corrected chi connectivity index (χ4v) is 4.12. The Morgan fingerprint density at radius 3 is 2.67 bits per heavy atom. The predicted molar refractivity (Wildman–Crippen MR) is 72.6 cm³/mol. The minimum absolute atomic E-state index is 0.00561. The van der Waals surface area contributed by atoms with Crippen LogP contribution in [0.3, 0.4) is 0 Å². The third kappa shape index (κ3) is 2.67. The van der Waals surface area contributed by atoms with E-state index < -0.39 is 22.0 Å². The van der Waals surface area contributed by atoms with Crippen molar-refractivity contribution in [1.29, 1.82) is 0 Å². The highest BCUT2D eigenvalue weighted by atomic mass is 32.2. The van der Waals surface area contributed by atoms with E-state index in [-0.39, 0.29) is 11.5 Å². The average Bonchev–Trinajstić information content (AvgIpc) is 2.54. The molecule has 18 heavy (non-hydrogen) atoms. The van der Waals surface area contributed by atoms with Crippen molar-refractivity contribution in [2.75, 3.05) is 16.8 Å². The summed E-state index contributed by atoms with van der Waals surface area (Å²) in [5.74, 6) is -0.135. The number of aliphatic hydroxyl groups excluding tert-OH is 1. The Bertz CT molecular complexity index is 539. The number of hydrogen-bond donors (Lipinski definition) is 2. The fraction of sp³-hybridized carbons (Fsp3) is 0.538. The Morgan fingerprint density at radius 2 is 2.11 bits per heavy atom. The number of nitrogens with one attached hydrogen (secondary N) is 1. The number of para-hydroxylation sites is 1. The maximum absolute atomic E-state index is 11.5. The molecule has 1 saturated heterocycles. The zero-order chi connectivity index (χ0) is 13.3. The first-order valence-electron chi connectivity index (χ1n) is 6.16. The van der Waals surface area contributed by atoms with Crippen LogP contribution in [0.2, 0.25) is 0 Å². The molecule has 1 aromatic rings. The Labute approximate surface area is 108 Å². The maximum atomic E-state index is 11.5. The predicted octanol–water partition coefficient (Wildman–Crippen LogP) is 1.13. The molecule has 0 spiro atoms. The quantitative estimate of drug-likeness (QED) is 0.863. The normalized spacial score (nSPS) is 26.2. The van der Waals surface area contributed by atoms with Gasteiger partial charge in [0.05, 0.1) is 23.7 Å². The van der Waals surface area contributed by atoms with Gasteiger partial charge in [0.15, 0.2) is 9.84 Å². The molecule has 1 fully saturated rings. The van der Waals surface area contributed by atoms with Crippen LogP contribution in [0.25, 0.3) is 0 Å². The smallest absolute Gasteiger partial charge is 0.155 e. The highest BCUT2D eigenvalue weighted by Gasteiger charge is 2.36. The number of aliphatic hydroxyl groups is 1. The standard InChI is InChI=1S/C13H19NO3S/c1-3-10-6-4-5-9(2)13(10)14-11-7-18(16,17)8-12(11)15/h4-6,11-12,14-15H,3,7-8H2,1-2H3. The van der Waals surface area contributed by atoms with E-state index in [0.717, 1.165) is 23.2 Å². The highest BCUT2D eigenvalue weighted by Crippen LogP contribution is 2.25. The van der Waals surface area contributed by atoms with Crippen molar-refractivity contribution in [2.45, 2.75) is 32.4 Å². The van der Waals surface area contributed by atoms with Crippen LogP contribution in [0.4, 0.5) is 5.69 Å². The highest BCUT2D eigenvalue weighted by molar-refractivity contribution is 7.91. The lowest BCUT2D eigenvalue weighted by molar-refractivity contribution is 0.190. The van der Waals surface area contributed by atoms with Crippen molar-refractivity contribution >= 4 is 15.5 Å². The number of aryl methyl sites for hydroxylation is 2. The Morgan fingerprint density at radius 1 is 1.39 bits per heavy atom. The van der Waals surface area contributed by atoms with E-state index in [2.05, 4.69) is 12.2 Å². The number of hydrogen-bond acceptors (Lipinski definition) is 4. The number of sulfone groups is 1. The lowest BCUT2D eigenvalue weighted by Crippen LogP contribution is -2.32. The largest absolute Gasteiger partial charge is 0.390 e. The first-order chi connectivity index (χ1) is 8.43. The molecule has 2 rings (SSSR count). The summed E-state index contributed by atoms with van der Waals surface area (Å²) in [6, 6.07) is 5.59. The van der Waals surface area contributed by atoms with Crippen molar-refractivity contribution in [3.05, 3.63) is 29.3 Å². The molecule has 0 radical (unpaired) electrons. The minimum atomic E-state index is -3.11. The molecular formula is C13H19NO3S. The van der Waals surface area contributed by atoms with Crippen LogP contribution in [0, 0.1) is 6.92 Å². The van der Waals surface area contributed by atoms with Crippen molar-refractivity contribution in [2.24, 2.45) is 0 Å². The van der Waals surface area contributed by atoms with Crippen LogP contribution in [0.5, 0.6) is 0 Å². The summed E-state index contributed by atoms with van der Waals surface area (Å²) in [7, 11) is -3.11. The third-order valence-electron chi connectivity index (χ3n) is 3.39. The molecule has 0 bridgehead atoms. The fourth-order valence-electron chi connectivity index (χ4n) is 2.38. The van der Waals surface area contributed by atoms with Gasteiger partial charge in [-0.25, -0.2) is 8.42 Å². The zero-order valence-corrected chi connectivity index (χ0v) is 11.5. The van der Waals surface area contributed by atoms with Crippen LogP contribution in [0.1, 0.15) is 18.1 Å². The first kappa shape index (κ1) is 13.4. The van der Waals surface area contributed by atoms with E-state index >= 15 is 0 Å². The number of rotatable bonds is 3. The van der Waals surface area contributed by atoms with Gasteiger partial charge in [0, 0.05) is 5.69 Å². The lowest BCUT2D eigenvalue weighted by Gasteiger charge is -2.20. The first-order valence-corrected chi connectivity index (χ1v) is 7.98. The molecule has 4 nitrogen and oxygen atoms in total. The molecule has 100 valence electrons. The molecule has 1 aliphatic heterocycles. The van der Waals surface area contributed by atoms with Gasteiger partial charge in [-0.3, -0.25) is 0 Å². The molecule has 1 aromatic carbocycles. The van der Waals surface area contributed by atoms with Crippen LogP contribution < -0.4 is 5.32 Å². The second-order valence-electron chi connectivity index (χ2n) is 4.86. The van der Waals surface area contributed by atoms with Crippen molar-refractivity contribution < 1.29 is 13.5 Å². The van der Waals surface area contributed by atoms with Gasteiger partial charge in [0.1, 0.15) is 0 Å². The molecule has 0 saturated carbocycles. The van der Waals surface area contributed by atoms with Gasteiger partial charge in [0.25, 0.3) is 0 Å². The van der Waals surface area contributed by atoms with Crippen LogP contribution in [0.15, 0.2) is 18.2 Å². The SMILES string of the molecule is CCc1cccc(C)c1NC1CS(=O)(=O)CC1O. The summed E-state index contributed by atoms with van der Waals surface area (Å²) in [5, 5.41) is 13.0. The van der Waals surface area contributed by atoms with Gasteiger partial charge in [-0.2, -0.15) is 0 Å². The number of benzene rings is 1. The van der Waals surface area contributed by atoms with E-state index in [1.807, 2.05) is 25.1 Å². The van der Waals surface area contributed by atoms with E-state index in [0.29, 0.717) is 0 Å². The third-order valence-corrected chi connectivity index (χ3v) is 5.11. The molecule has 0 amide bonds. The molecule has 0 aromatic heterocycles. The lowest BCUT2D eigenvalue weighted by atomic mass is 10.0. The molecule has 1 heterocycles. The van der Waals surface area contributed by atoms with Gasteiger partial charge in [-0.1, -0.05) is 25.1 Å². The summed E-state index contributed by atoms with van der Waals surface area (Å²) in [6.07, 6.45) is 0.0545. The maximum Gasteiger partial charge on any atom is 0.155 e. The van der Waals surface area contributed by atoms with Crippen LogP contribution >= 0.6 is 0 Å². The summed E-state index contributed by atoms with van der Waals surface area (Å²) < 4.78 is 23.0. The monoisotopic (exact) mass is 269 g/mol. The second kappa shape index (κ2) is 4.90. The molecule has 2 atom stereocenters. The van der Waals surface area contributed by atoms with Crippen molar-refractivity contribution in [1.82, 2.24) is 0 Å². The second-order valence-corrected chi connectivity index (χ2v) is 7.01. The molecule has 0 aliphatic carbocycles. The van der Waals surface area contributed by atoms with Crippen LogP contribution in [-0.2, 0) is 16.3 Å². The number of anilines is 1. The van der Waals surface area contributed by atoms with Gasteiger partial charge in [-0.15, -0.1) is 0 Å². The van der Waals surface area contributed by atoms with E-state index in [1.165, 1.54) is 0 Å². The Kier molecular flexibility index (Phi) is 3.64. The Balaban J connectivity index is 2.25. The zero-order valence-electron chi connectivity index (χ0n) is 10.7. The van der Waals surface area contributed by atoms with Gasteiger partial charge < -0.3 is 10.4 Å². The average molecular weight is 269 g/mol. The summed E-state index contributed by atoms with van der Waals surface area (Å²) in [5.41, 5.74) is 3.18. The van der Waals surface area contributed by atoms with Crippen molar-refractivity contribution in [3.8, 4) is 0 Å². The molecule has 5 heteroatoms. The molecule has 2 N–H and O–H groups in total. The van der Waals surface area contributed by atoms with E-state index in [9.17, 15) is 13.5 Å². The Hall–Kier alpha value is -1.07. The molecular weight excluding hydrogens is 250 g/mol.